The van der Waals surface area contributed by atoms with Gasteiger partial charge in [-0.15, -0.1) is 0 Å². The van der Waals surface area contributed by atoms with Crippen molar-refractivity contribution in [1.29, 1.82) is 0 Å². The molecule has 1 heterocycles. The summed E-state index contributed by atoms with van der Waals surface area (Å²) in [6, 6.07) is 17.9. The van der Waals surface area contributed by atoms with Crippen molar-refractivity contribution in [3.63, 3.8) is 0 Å². The summed E-state index contributed by atoms with van der Waals surface area (Å²) in [5.74, 6) is -1.25. The highest BCUT2D eigenvalue weighted by atomic mass is 19.1. The number of hydrogen-bond acceptors (Lipinski definition) is 4. The van der Waals surface area contributed by atoms with Crippen molar-refractivity contribution in [2.75, 3.05) is 5.32 Å². The van der Waals surface area contributed by atoms with Gasteiger partial charge in [0.25, 0.3) is 5.91 Å². The van der Waals surface area contributed by atoms with Crippen LogP contribution in [0.4, 0.5) is 10.1 Å². The molecule has 0 saturated heterocycles. The number of hydrogen-bond donors (Lipinski definition) is 1. The first-order valence-corrected chi connectivity index (χ1v) is 9.38. The minimum absolute atomic E-state index is 0.0837. The number of nitrogens with zero attached hydrogens (tertiary/aromatic N) is 2. The van der Waals surface area contributed by atoms with Crippen molar-refractivity contribution in [3.8, 4) is 0 Å². The molecule has 0 bridgehead atoms. The van der Waals surface area contributed by atoms with Crippen LogP contribution >= 0.6 is 0 Å². The van der Waals surface area contributed by atoms with E-state index in [4.69, 9.17) is 0 Å². The lowest BCUT2D eigenvalue weighted by atomic mass is 10.0. The van der Waals surface area contributed by atoms with E-state index in [0.717, 1.165) is 6.07 Å². The monoisotopic (exact) mass is 399 g/mol. The number of aromatic nitrogens is 2. The van der Waals surface area contributed by atoms with Crippen LogP contribution in [0.3, 0.4) is 0 Å². The van der Waals surface area contributed by atoms with Crippen LogP contribution in [-0.4, -0.2) is 21.7 Å². The van der Waals surface area contributed by atoms with Gasteiger partial charge in [0.05, 0.1) is 22.5 Å². The van der Waals surface area contributed by atoms with Gasteiger partial charge in [-0.1, -0.05) is 42.5 Å². The summed E-state index contributed by atoms with van der Waals surface area (Å²) in [5, 5.41) is 2.73. The first kappa shape index (κ1) is 19.4. The third-order valence-electron chi connectivity index (χ3n) is 4.81. The van der Waals surface area contributed by atoms with Crippen molar-refractivity contribution < 1.29 is 14.0 Å². The molecule has 0 aliphatic rings. The van der Waals surface area contributed by atoms with Crippen molar-refractivity contribution >= 4 is 28.4 Å². The van der Waals surface area contributed by atoms with Crippen LogP contribution in [0.5, 0.6) is 0 Å². The molecule has 0 atom stereocenters. The average Bonchev–Trinajstić information content (AvgIpc) is 2.74. The number of halogens is 1. The van der Waals surface area contributed by atoms with E-state index in [0.29, 0.717) is 39.2 Å². The fraction of sp³-hybridized carbons (Fsp3) is 0.0833. The Bertz CT molecular complexity index is 1290. The van der Waals surface area contributed by atoms with Crippen molar-refractivity contribution in [1.82, 2.24) is 9.97 Å². The maximum absolute atomic E-state index is 14.1. The zero-order chi connectivity index (χ0) is 21.3. The standard InChI is InChI=1S/C24H18FN3O2/c1-14-15(2)27-22-20(12-18(25)13-21(22)26-14)24(30)28-19-10-6-9-17(11-19)23(29)16-7-4-3-5-8-16/h3-13H,1-2H3,(H,28,30). The summed E-state index contributed by atoms with van der Waals surface area (Å²) >= 11 is 0. The van der Waals surface area contributed by atoms with Gasteiger partial charge in [0, 0.05) is 22.9 Å². The smallest absolute Gasteiger partial charge is 0.258 e. The van der Waals surface area contributed by atoms with E-state index in [1.54, 1.807) is 62.4 Å². The second kappa shape index (κ2) is 7.83. The normalized spacial score (nSPS) is 10.8. The molecule has 0 unspecified atom stereocenters. The number of amides is 1. The number of rotatable bonds is 4. The summed E-state index contributed by atoms with van der Waals surface area (Å²) < 4.78 is 14.1. The molecular formula is C24H18FN3O2. The summed E-state index contributed by atoms with van der Waals surface area (Å²) in [4.78, 5) is 34.3. The number of aryl methyl sites for hydroxylation is 2. The largest absolute Gasteiger partial charge is 0.322 e. The number of benzene rings is 3. The van der Waals surface area contributed by atoms with E-state index in [1.807, 2.05) is 6.07 Å². The number of fused-ring (bicyclic) bond motifs is 1. The number of ketones is 1. The zero-order valence-electron chi connectivity index (χ0n) is 16.4. The van der Waals surface area contributed by atoms with Gasteiger partial charge in [-0.25, -0.2) is 14.4 Å². The molecule has 4 rings (SSSR count). The molecule has 4 aromatic rings. The van der Waals surface area contributed by atoms with Crippen LogP contribution in [-0.2, 0) is 0 Å². The third kappa shape index (κ3) is 3.80. The Labute approximate surface area is 172 Å². The predicted octanol–water partition coefficient (Wildman–Crippen LogP) is 4.87. The van der Waals surface area contributed by atoms with Gasteiger partial charge in [0.2, 0.25) is 0 Å². The van der Waals surface area contributed by atoms with Crippen LogP contribution < -0.4 is 5.32 Å². The Balaban J connectivity index is 1.67. The van der Waals surface area contributed by atoms with Gasteiger partial charge in [-0.3, -0.25) is 9.59 Å². The molecule has 0 spiro atoms. The molecule has 1 aromatic heterocycles. The molecule has 6 heteroatoms. The Hall–Kier alpha value is -3.93. The quantitative estimate of drug-likeness (QED) is 0.497. The van der Waals surface area contributed by atoms with Crippen molar-refractivity contribution in [2.24, 2.45) is 0 Å². The second-order valence-corrected chi connectivity index (χ2v) is 6.95. The number of carbonyl (C=O) groups is 2. The molecule has 0 aliphatic carbocycles. The lowest BCUT2D eigenvalue weighted by Crippen LogP contribution is -2.14. The van der Waals surface area contributed by atoms with Crippen LogP contribution in [0, 0.1) is 19.7 Å². The molecule has 1 amide bonds. The van der Waals surface area contributed by atoms with Gasteiger partial charge in [0.1, 0.15) is 11.3 Å². The first-order valence-electron chi connectivity index (χ1n) is 9.38. The fourth-order valence-corrected chi connectivity index (χ4v) is 3.16. The molecule has 0 fully saturated rings. The SMILES string of the molecule is Cc1nc2cc(F)cc(C(=O)Nc3cccc(C(=O)c4ccccc4)c3)c2nc1C. The van der Waals surface area contributed by atoms with Crippen LogP contribution in [0.25, 0.3) is 11.0 Å². The van der Waals surface area contributed by atoms with E-state index in [2.05, 4.69) is 15.3 Å². The fourth-order valence-electron chi connectivity index (χ4n) is 3.16. The Kier molecular flexibility index (Phi) is 5.06. The number of nitrogens with one attached hydrogen (secondary N) is 1. The van der Waals surface area contributed by atoms with E-state index < -0.39 is 11.7 Å². The molecule has 0 aliphatic heterocycles. The van der Waals surface area contributed by atoms with E-state index in [1.165, 1.54) is 6.07 Å². The molecule has 30 heavy (non-hydrogen) atoms. The molecule has 3 aromatic carbocycles. The maximum Gasteiger partial charge on any atom is 0.258 e. The topological polar surface area (TPSA) is 72.0 Å². The van der Waals surface area contributed by atoms with Crippen LogP contribution in [0.15, 0.2) is 66.7 Å². The van der Waals surface area contributed by atoms with Crippen LogP contribution in [0.2, 0.25) is 0 Å². The Morgan fingerprint density at radius 2 is 1.53 bits per heavy atom. The lowest BCUT2D eigenvalue weighted by Gasteiger charge is -2.10. The summed E-state index contributed by atoms with van der Waals surface area (Å²) in [7, 11) is 0. The van der Waals surface area contributed by atoms with Crippen molar-refractivity contribution in [2.45, 2.75) is 13.8 Å². The third-order valence-corrected chi connectivity index (χ3v) is 4.81. The number of anilines is 1. The summed E-state index contributed by atoms with van der Waals surface area (Å²) in [5.41, 5.74) is 3.49. The van der Waals surface area contributed by atoms with Gasteiger partial charge in [-0.05, 0) is 32.0 Å². The Morgan fingerprint density at radius 3 is 2.30 bits per heavy atom. The van der Waals surface area contributed by atoms with Gasteiger partial charge in [-0.2, -0.15) is 0 Å². The lowest BCUT2D eigenvalue weighted by molar-refractivity contribution is 0.102. The summed E-state index contributed by atoms with van der Waals surface area (Å²) in [6.45, 7) is 3.56. The molecule has 1 N–H and O–H groups in total. The van der Waals surface area contributed by atoms with Gasteiger partial charge < -0.3 is 5.32 Å². The molecule has 148 valence electrons. The predicted molar refractivity (Wildman–Crippen MR) is 113 cm³/mol. The highest BCUT2D eigenvalue weighted by molar-refractivity contribution is 6.13. The van der Waals surface area contributed by atoms with Crippen LogP contribution in [0.1, 0.15) is 37.7 Å². The second-order valence-electron chi connectivity index (χ2n) is 6.95. The minimum atomic E-state index is -0.571. The zero-order valence-corrected chi connectivity index (χ0v) is 16.4. The summed E-state index contributed by atoms with van der Waals surface area (Å²) in [6.07, 6.45) is 0. The molecule has 0 radical (unpaired) electrons. The first-order chi connectivity index (χ1) is 14.4. The maximum atomic E-state index is 14.1. The Morgan fingerprint density at radius 1 is 0.833 bits per heavy atom. The minimum Gasteiger partial charge on any atom is -0.322 e. The van der Waals surface area contributed by atoms with E-state index >= 15 is 0 Å². The van der Waals surface area contributed by atoms with Gasteiger partial charge >= 0.3 is 0 Å². The van der Waals surface area contributed by atoms with Gasteiger partial charge in [0.15, 0.2) is 5.78 Å². The highest BCUT2D eigenvalue weighted by Crippen LogP contribution is 2.21. The molecular weight excluding hydrogens is 381 g/mol. The van der Waals surface area contributed by atoms with E-state index in [-0.39, 0.29) is 11.3 Å². The van der Waals surface area contributed by atoms with Crippen molar-refractivity contribution in [3.05, 3.63) is 101 Å². The average molecular weight is 399 g/mol. The molecule has 5 nitrogen and oxygen atoms in total. The van der Waals surface area contributed by atoms with E-state index in [9.17, 15) is 14.0 Å². The number of carbonyl (C=O) groups excluding carboxylic acids is 2. The highest BCUT2D eigenvalue weighted by Gasteiger charge is 2.17. The molecule has 0 saturated carbocycles.